The fourth-order valence-electron chi connectivity index (χ4n) is 4.24. The molecule has 0 saturated carbocycles. The normalized spacial score (nSPS) is 16.5. The third-order valence-electron chi connectivity index (χ3n) is 6.08. The molecule has 0 amide bonds. The van der Waals surface area contributed by atoms with Crippen molar-refractivity contribution in [2.45, 2.75) is 19.1 Å². The number of thiazole rings is 1. The molecule has 5 nitrogen and oxygen atoms in total. The number of ether oxygens (including phenoxy) is 1. The van der Waals surface area contributed by atoms with Gasteiger partial charge in [-0.25, -0.2) is 4.98 Å². The Morgan fingerprint density at radius 3 is 2.52 bits per heavy atom. The largest absolute Gasteiger partial charge is 0.493 e. The molecule has 33 heavy (non-hydrogen) atoms. The van der Waals surface area contributed by atoms with Crippen LogP contribution in [0.3, 0.4) is 0 Å². The highest BCUT2D eigenvalue weighted by molar-refractivity contribution is 7.16. The lowest BCUT2D eigenvalue weighted by Gasteiger charge is -2.36. The molecule has 0 N–H and O–H groups in total. The van der Waals surface area contributed by atoms with E-state index in [9.17, 15) is 18.0 Å². The molecule has 0 unspecified atom stereocenters. The number of aldehydes is 1. The zero-order valence-electron chi connectivity index (χ0n) is 17.8. The van der Waals surface area contributed by atoms with Crippen LogP contribution in [0.2, 0.25) is 0 Å². The molecule has 2 aromatic carbocycles. The summed E-state index contributed by atoms with van der Waals surface area (Å²) < 4.78 is 44.1. The fraction of sp³-hybridized carbons (Fsp3) is 0.333. The van der Waals surface area contributed by atoms with Crippen LogP contribution >= 0.6 is 11.3 Å². The number of hydrogen-bond acceptors (Lipinski definition) is 6. The zero-order chi connectivity index (χ0) is 23.0. The predicted octanol–water partition coefficient (Wildman–Crippen LogP) is 4.90. The SMILES string of the molecule is O=Cc1sc(-c2ccc(C(F)(F)F)cc2)nc1CN1CCN(c2ccc3c(c2)CCO3)CC1. The van der Waals surface area contributed by atoms with Crippen molar-refractivity contribution in [1.82, 2.24) is 9.88 Å². The van der Waals surface area contributed by atoms with Gasteiger partial charge in [0.15, 0.2) is 6.29 Å². The van der Waals surface area contributed by atoms with E-state index in [2.05, 4.69) is 26.9 Å². The first-order valence-corrected chi connectivity index (χ1v) is 11.6. The van der Waals surface area contributed by atoms with Crippen LogP contribution in [0.5, 0.6) is 5.75 Å². The quantitative estimate of drug-likeness (QED) is 0.494. The average molecular weight is 474 g/mol. The summed E-state index contributed by atoms with van der Waals surface area (Å²) in [7, 11) is 0. The standard InChI is InChI=1S/C24H22F3N3O2S/c25-24(26,27)18-3-1-16(2-4-18)23-28-20(22(15-31)33-23)14-29-8-10-30(11-9-29)19-5-6-21-17(13-19)7-12-32-21/h1-6,13,15H,7-12,14H2. The van der Waals surface area contributed by atoms with Gasteiger partial charge < -0.3 is 9.64 Å². The maximum Gasteiger partial charge on any atom is 0.416 e. The van der Waals surface area contributed by atoms with Gasteiger partial charge in [-0.15, -0.1) is 11.3 Å². The van der Waals surface area contributed by atoms with Crippen LogP contribution < -0.4 is 9.64 Å². The van der Waals surface area contributed by atoms with Gasteiger partial charge >= 0.3 is 6.18 Å². The van der Waals surface area contributed by atoms with Gasteiger partial charge in [0.05, 0.1) is 22.7 Å². The van der Waals surface area contributed by atoms with Gasteiger partial charge in [0, 0.05) is 50.4 Å². The van der Waals surface area contributed by atoms with E-state index in [0.717, 1.165) is 63.4 Å². The lowest BCUT2D eigenvalue weighted by atomic mass is 10.1. The van der Waals surface area contributed by atoms with E-state index in [4.69, 9.17) is 4.74 Å². The number of carbonyl (C=O) groups is 1. The van der Waals surface area contributed by atoms with Crippen LogP contribution in [-0.2, 0) is 19.1 Å². The number of alkyl halides is 3. The van der Waals surface area contributed by atoms with Crippen LogP contribution in [0.25, 0.3) is 10.6 Å². The number of anilines is 1. The van der Waals surface area contributed by atoms with Crippen molar-refractivity contribution in [1.29, 1.82) is 0 Å². The molecule has 0 spiro atoms. The monoisotopic (exact) mass is 473 g/mol. The molecular weight excluding hydrogens is 451 g/mol. The second-order valence-electron chi connectivity index (χ2n) is 8.18. The molecule has 0 aliphatic carbocycles. The first kappa shape index (κ1) is 21.9. The molecule has 9 heteroatoms. The van der Waals surface area contributed by atoms with Gasteiger partial charge in [0.1, 0.15) is 10.8 Å². The first-order chi connectivity index (χ1) is 15.9. The second-order valence-corrected chi connectivity index (χ2v) is 9.21. The number of halogens is 3. The number of rotatable bonds is 5. The molecule has 5 rings (SSSR count). The van der Waals surface area contributed by atoms with E-state index in [0.29, 0.717) is 27.7 Å². The Labute approximate surface area is 193 Å². The molecule has 2 aliphatic heterocycles. The van der Waals surface area contributed by atoms with Gasteiger partial charge in [-0.3, -0.25) is 9.69 Å². The number of hydrogen-bond donors (Lipinski definition) is 0. The van der Waals surface area contributed by atoms with E-state index >= 15 is 0 Å². The summed E-state index contributed by atoms with van der Waals surface area (Å²) in [6.45, 7) is 4.68. The number of piperazine rings is 1. The van der Waals surface area contributed by atoms with Crippen LogP contribution in [0.15, 0.2) is 42.5 Å². The summed E-state index contributed by atoms with van der Waals surface area (Å²) in [5.41, 5.74) is 3.00. The van der Waals surface area contributed by atoms with Crippen LogP contribution in [0.1, 0.15) is 26.5 Å². The Morgan fingerprint density at radius 2 is 1.82 bits per heavy atom. The second kappa shape index (κ2) is 8.79. The van der Waals surface area contributed by atoms with E-state index in [1.165, 1.54) is 34.7 Å². The molecule has 0 bridgehead atoms. The van der Waals surface area contributed by atoms with E-state index < -0.39 is 11.7 Å². The van der Waals surface area contributed by atoms with Gasteiger partial charge in [0.25, 0.3) is 0 Å². The smallest absolute Gasteiger partial charge is 0.416 e. The number of fused-ring (bicyclic) bond motifs is 1. The van der Waals surface area contributed by atoms with E-state index in [-0.39, 0.29) is 0 Å². The molecule has 1 saturated heterocycles. The zero-order valence-corrected chi connectivity index (χ0v) is 18.6. The van der Waals surface area contributed by atoms with Gasteiger partial charge in [-0.05, 0) is 35.9 Å². The third-order valence-corrected chi connectivity index (χ3v) is 7.15. The molecule has 0 atom stereocenters. The Hall–Kier alpha value is -2.91. The maximum absolute atomic E-state index is 12.8. The predicted molar refractivity (Wildman–Crippen MR) is 121 cm³/mol. The average Bonchev–Trinajstić information content (AvgIpc) is 3.45. The van der Waals surface area contributed by atoms with Crippen molar-refractivity contribution in [3.8, 4) is 16.3 Å². The van der Waals surface area contributed by atoms with Crippen molar-refractivity contribution >= 4 is 23.3 Å². The summed E-state index contributed by atoms with van der Waals surface area (Å²) in [5.74, 6) is 0.978. The van der Waals surface area contributed by atoms with Crippen molar-refractivity contribution in [3.63, 3.8) is 0 Å². The van der Waals surface area contributed by atoms with Crippen LogP contribution in [0.4, 0.5) is 18.9 Å². The Bertz CT molecular complexity index is 1150. The molecule has 3 aromatic rings. The molecule has 1 fully saturated rings. The van der Waals surface area contributed by atoms with Crippen molar-refractivity contribution in [2.24, 2.45) is 0 Å². The highest BCUT2D eigenvalue weighted by Gasteiger charge is 2.30. The van der Waals surface area contributed by atoms with Gasteiger partial charge in [-0.2, -0.15) is 13.2 Å². The molecule has 0 radical (unpaired) electrons. The Kier molecular flexibility index (Phi) is 5.84. The highest BCUT2D eigenvalue weighted by atomic mass is 32.1. The third kappa shape index (κ3) is 4.60. The van der Waals surface area contributed by atoms with Crippen LogP contribution in [-0.4, -0.2) is 49.0 Å². The summed E-state index contributed by atoms with van der Waals surface area (Å²) in [5, 5.41) is 0.555. The summed E-state index contributed by atoms with van der Waals surface area (Å²) in [6, 6.07) is 11.2. The number of benzene rings is 2. The first-order valence-electron chi connectivity index (χ1n) is 10.8. The lowest BCUT2D eigenvalue weighted by molar-refractivity contribution is -0.137. The minimum atomic E-state index is -4.38. The van der Waals surface area contributed by atoms with Crippen LogP contribution in [0, 0.1) is 0 Å². The molecular formula is C24H22F3N3O2S. The molecule has 172 valence electrons. The maximum atomic E-state index is 12.8. The minimum absolute atomic E-state index is 0.519. The number of nitrogens with zero attached hydrogens (tertiary/aromatic N) is 3. The number of aromatic nitrogens is 1. The molecule has 2 aliphatic rings. The highest BCUT2D eigenvalue weighted by Crippen LogP contribution is 2.33. The Balaban J connectivity index is 1.25. The topological polar surface area (TPSA) is 45.7 Å². The van der Waals surface area contributed by atoms with E-state index in [1.807, 2.05) is 6.07 Å². The summed E-state index contributed by atoms with van der Waals surface area (Å²) in [6.07, 6.45) is -2.65. The number of carbonyl (C=O) groups excluding carboxylic acids is 1. The Morgan fingerprint density at radius 1 is 1.06 bits per heavy atom. The van der Waals surface area contributed by atoms with Crippen molar-refractivity contribution < 1.29 is 22.7 Å². The van der Waals surface area contributed by atoms with Crippen molar-refractivity contribution in [2.75, 3.05) is 37.7 Å². The van der Waals surface area contributed by atoms with Gasteiger partial charge in [0.2, 0.25) is 0 Å². The summed E-state index contributed by atoms with van der Waals surface area (Å²) >= 11 is 1.21. The molecule has 1 aromatic heterocycles. The van der Waals surface area contributed by atoms with E-state index in [1.54, 1.807) is 0 Å². The van der Waals surface area contributed by atoms with Gasteiger partial charge in [-0.1, -0.05) is 12.1 Å². The minimum Gasteiger partial charge on any atom is -0.493 e. The molecule has 3 heterocycles. The van der Waals surface area contributed by atoms with Crippen molar-refractivity contribution in [3.05, 3.63) is 64.2 Å². The fourth-order valence-corrected chi connectivity index (χ4v) is 5.13. The summed E-state index contributed by atoms with van der Waals surface area (Å²) in [4.78, 5) is 21.3. The lowest BCUT2D eigenvalue weighted by Crippen LogP contribution is -2.46.